The first-order chi connectivity index (χ1) is 15.5. The molecule has 0 heterocycles. The summed E-state index contributed by atoms with van der Waals surface area (Å²) in [6.07, 6.45) is 22.2. The number of hydrogen-bond acceptors (Lipinski definition) is 2. The second kappa shape index (κ2) is 17.7. The van der Waals surface area contributed by atoms with Gasteiger partial charge in [-0.2, -0.15) is 0 Å². The van der Waals surface area contributed by atoms with Gasteiger partial charge < -0.3 is 10.2 Å². The second-order valence-electron chi connectivity index (χ2n) is 9.14. The number of carboxylic acid groups (broad SMARTS) is 2. The van der Waals surface area contributed by atoms with Crippen molar-refractivity contribution >= 4 is 11.9 Å². The van der Waals surface area contributed by atoms with E-state index in [0.29, 0.717) is 18.4 Å². The molecule has 0 saturated heterocycles. The van der Waals surface area contributed by atoms with E-state index in [1.165, 1.54) is 96.0 Å². The van der Waals surface area contributed by atoms with E-state index in [0.717, 1.165) is 18.4 Å². The van der Waals surface area contributed by atoms with Crippen LogP contribution in [0.5, 0.6) is 0 Å². The Morgan fingerprint density at radius 3 is 1.44 bits per heavy atom. The molecule has 0 aliphatic heterocycles. The molecule has 0 spiro atoms. The molecule has 4 heteroatoms. The van der Waals surface area contributed by atoms with E-state index in [1.54, 1.807) is 6.07 Å². The summed E-state index contributed by atoms with van der Waals surface area (Å²) in [5, 5.41) is 18.9. The normalized spacial score (nSPS) is 11.1. The Labute approximate surface area is 195 Å². The number of aromatic carboxylic acids is 2. The van der Waals surface area contributed by atoms with Crippen LogP contribution in [0.1, 0.15) is 148 Å². The number of carboxylic acids is 2. The van der Waals surface area contributed by atoms with Crippen LogP contribution >= 0.6 is 0 Å². The molecule has 4 nitrogen and oxygen atoms in total. The maximum atomic E-state index is 11.7. The molecule has 0 atom stereocenters. The zero-order valence-corrected chi connectivity index (χ0v) is 20.6. The van der Waals surface area contributed by atoms with Crippen LogP contribution in [0.15, 0.2) is 12.1 Å². The second-order valence-corrected chi connectivity index (χ2v) is 9.14. The Bertz CT molecular complexity index is 666. The van der Waals surface area contributed by atoms with Crippen LogP contribution in [0.25, 0.3) is 0 Å². The number of aryl methyl sites for hydroxylation is 1. The molecule has 0 aromatic heterocycles. The quantitative estimate of drug-likeness (QED) is 0.197. The first-order valence-electron chi connectivity index (χ1n) is 13.1. The zero-order valence-electron chi connectivity index (χ0n) is 20.6. The zero-order chi connectivity index (χ0) is 23.6. The van der Waals surface area contributed by atoms with Gasteiger partial charge in [0.1, 0.15) is 0 Å². The number of rotatable bonds is 20. The number of benzene rings is 1. The van der Waals surface area contributed by atoms with Crippen LogP contribution in [0.2, 0.25) is 0 Å². The summed E-state index contributed by atoms with van der Waals surface area (Å²) < 4.78 is 0. The van der Waals surface area contributed by atoms with Gasteiger partial charge in [0.25, 0.3) is 0 Å². The number of carbonyl (C=O) groups is 2. The number of unbranched alkanes of at least 4 members (excludes halogenated alkanes) is 15. The third kappa shape index (κ3) is 11.2. The Hall–Kier alpha value is -1.84. The van der Waals surface area contributed by atoms with E-state index in [1.807, 2.05) is 6.92 Å². The van der Waals surface area contributed by atoms with E-state index in [-0.39, 0.29) is 11.1 Å². The summed E-state index contributed by atoms with van der Waals surface area (Å²) in [5.74, 6) is -2.30. The average molecular weight is 447 g/mol. The van der Waals surface area contributed by atoms with E-state index in [2.05, 4.69) is 6.92 Å². The third-order valence-corrected chi connectivity index (χ3v) is 6.52. The number of hydrogen-bond donors (Lipinski definition) is 2. The molecule has 1 rings (SSSR count). The van der Waals surface area contributed by atoms with Gasteiger partial charge in [0.2, 0.25) is 0 Å². The predicted octanol–water partition coefficient (Wildman–Crippen LogP) is 8.45. The highest BCUT2D eigenvalue weighted by molar-refractivity contribution is 6.03. The van der Waals surface area contributed by atoms with Crippen LogP contribution in [0.4, 0.5) is 0 Å². The predicted molar refractivity (Wildman–Crippen MR) is 133 cm³/mol. The van der Waals surface area contributed by atoms with Crippen molar-refractivity contribution in [2.24, 2.45) is 0 Å². The Balaban J connectivity index is 2.17. The molecule has 0 bridgehead atoms. The Morgan fingerprint density at radius 1 is 0.625 bits per heavy atom. The summed E-state index contributed by atoms with van der Waals surface area (Å²) in [7, 11) is 0. The highest BCUT2D eigenvalue weighted by Gasteiger charge is 2.22. The lowest BCUT2D eigenvalue weighted by molar-refractivity contribution is 0.0650. The van der Waals surface area contributed by atoms with Crippen molar-refractivity contribution in [2.75, 3.05) is 0 Å². The molecule has 0 amide bonds. The Kier molecular flexibility index (Phi) is 15.6. The molecule has 0 unspecified atom stereocenters. The maximum absolute atomic E-state index is 11.7. The summed E-state index contributed by atoms with van der Waals surface area (Å²) in [5.41, 5.74) is 1.55. The van der Waals surface area contributed by atoms with Crippen LogP contribution < -0.4 is 0 Å². The van der Waals surface area contributed by atoms with Crippen molar-refractivity contribution in [1.29, 1.82) is 0 Å². The summed E-state index contributed by atoms with van der Waals surface area (Å²) in [4.78, 5) is 23.2. The smallest absolute Gasteiger partial charge is 0.336 e. The van der Waals surface area contributed by atoms with Gasteiger partial charge >= 0.3 is 11.9 Å². The van der Waals surface area contributed by atoms with Gasteiger partial charge in [-0.3, -0.25) is 0 Å². The molecule has 1 aromatic rings. The molecule has 182 valence electrons. The van der Waals surface area contributed by atoms with Gasteiger partial charge in [0.15, 0.2) is 0 Å². The molecule has 32 heavy (non-hydrogen) atoms. The summed E-state index contributed by atoms with van der Waals surface area (Å²) >= 11 is 0. The van der Waals surface area contributed by atoms with Crippen molar-refractivity contribution < 1.29 is 19.8 Å². The van der Waals surface area contributed by atoms with Crippen LogP contribution in [-0.4, -0.2) is 22.2 Å². The van der Waals surface area contributed by atoms with E-state index < -0.39 is 11.9 Å². The third-order valence-electron chi connectivity index (χ3n) is 6.52. The first kappa shape index (κ1) is 28.2. The Morgan fingerprint density at radius 2 is 1.06 bits per heavy atom. The maximum Gasteiger partial charge on any atom is 0.336 e. The van der Waals surface area contributed by atoms with Gasteiger partial charge in [0, 0.05) is 0 Å². The standard InChI is InChI=1S/C28H46O4/c1-3-5-6-7-8-9-10-11-12-13-14-15-16-17-18-19-20-24-23(4-2)21-22-25(27(29)30)26(24)28(31)32/h21-22H,3-20H2,1-2H3,(H,29,30)(H,31,32). The summed E-state index contributed by atoms with van der Waals surface area (Å²) in [6.45, 7) is 4.25. The lowest BCUT2D eigenvalue weighted by atomic mass is 9.90. The molecule has 0 saturated carbocycles. The highest BCUT2D eigenvalue weighted by atomic mass is 16.4. The lowest BCUT2D eigenvalue weighted by Gasteiger charge is -2.14. The van der Waals surface area contributed by atoms with Crippen molar-refractivity contribution in [3.63, 3.8) is 0 Å². The minimum absolute atomic E-state index is 0.0159. The summed E-state index contributed by atoms with van der Waals surface area (Å²) in [6, 6.07) is 3.21. The molecule has 0 radical (unpaired) electrons. The largest absolute Gasteiger partial charge is 0.478 e. The van der Waals surface area contributed by atoms with Crippen molar-refractivity contribution in [1.82, 2.24) is 0 Å². The average Bonchev–Trinajstić information content (AvgIpc) is 2.77. The fraction of sp³-hybridized carbons (Fsp3) is 0.714. The topological polar surface area (TPSA) is 74.6 Å². The SMILES string of the molecule is CCCCCCCCCCCCCCCCCCc1c(CC)ccc(C(=O)O)c1C(=O)O. The fourth-order valence-corrected chi connectivity index (χ4v) is 4.58. The van der Waals surface area contributed by atoms with E-state index in [4.69, 9.17) is 0 Å². The first-order valence-corrected chi connectivity index (χ1v) is 13.1. The van der Waals surface area contributed by atoms with Gasteiger partial charge in [-0.1, -0.05) is 116 Å². The van der Waals surface area contributed by atoms with Crippen molar-refractivity contribution in [3.8, 4) is 0 Å². The van der Waals surface area contributed by atoms with Gasteiger partial charge in [-0.25, -0.2) is 9.59 Å². The van der Waals surface area contributed by atoms with E-state index in [9.17, 15) is 19.8 Å². The molecule has 2 N–H and O–H groups in total. The van der Waals surface area contributed by atoms with Gasteiger partial charge in [0.05, 0.1) is 11.1 Å². The molecular weight excluding hydrogens is 400 g/mol. The van der Waals surface area contributed by atoms with Gasteiger partial charge in [-0.05, 0) is 36.5 Å². The lowest BCUT2D eigenvalue weighted by Crippen LogP contribution is -2.13. The van der Waals surface area contributed by atoms with Crippen LogP contribution in [0.3, 0.4) is 0 Å². The molecule has 0 aliphatic rings. The van der Waals surface area contributed by atoms with Crippen LogP contribution in [0, 0.1) is 0 Å². The monoisotopic (exact) mass is 446 g/mol. The van der Waals surface area contributed by atoms with Gasteiger partial charge in [-0.15, -0.1) is 0 Å². The highest BCUT2D eigenvalue weighted by Crippen LogP contribution is 2.23. The molecule has 1 aromatic carbocycles. The minimum Gasteiger partial charge on any atom is -0.478 e. The van der Waals surface area contributed by atoms with Crippen molar-refractivity contribution in [3.05, 3.63) is 34.4 Å². The van der Waals surface area contributed by atoms with Crippen LogP contribution in [-0.2, 0) is 12.8 Å². The molecule has 0 fully saturated rings. The van der Waals surface area contributed by atoms with Crippen molar-refractivity contribution in [2.45, 2.75) is 129 Å². The molecule has 0 aliphatic carbocycles. The fourth-order valence-electron chi connectivity index (χ4n) is 4.58. The molecular formula is C28H46O4. The van der Waals surface area contributed by atoms with E-state index >= 15 is 0 Å². The minimum atomic E-state index is -1.17.